The molecule has 2 rings (SSSR count). The molecule has 1 aliphatic rings. The molecule has 24 heavy (non-hydrogen) atoms. The minimum atomic E-state index is -1.16. The highest BCUT2D eigenvalue weighted by Crippen LogP contribution is 2.33. The first-order chi connectivity index (χ1) is 11.3. The van der Waals surface area contributed by atoms with E-state index in [1.807, 2.05) is 0 Å². The number of rotatable bonds is 6. The molecule has 0 atom stereocenters. The second kappa shape index (κ2) is 7.65. The molecule has 0 unspecified atom stereocenters. The largest absolute Gasteiger partial charge is 0.480 e. The zero-order valence-electron chi connectivity index (χ0n) is 11.9. The highest BCUT2D eigenvalue weighted by molar-refractivity contribution is 8.26. The summed E-state index contributed by atoms with van der Waals surface area (Å²) in [4.78, 5) is 34.6. The lowest BCUT2D eigenvalue weighted by Crippen LogP contribution is -2.33. The Balaban J connectivity index is 2.18. The summed E-state index contributed by atoms with van der Waals surface area (Å²) in [6.45, 7) is -1.02. The van der Waals surface area contributed by atoms with E-state index >= 15 is 0 Å². The molecule has 0 aromatic heterocycles. The summed E-state index contributed by atoms with van der Waals surface area (Å²) in [5.74, 6) is -2.57. The molecule has 7 nitrogen and oxygen atoms in total. The summed E-state index contributed by atoms with van der Waals surface area (Å²) < 4.78 is 5.17. The zero-order valence-corrected chi connectivity index (χ0v) is 14.3. The predicted molar refractivity (Wildman–Crippen MR) is 92.1 cm³/mol. The van der Waals surface area contributed by atoms with Gasteiger partial charge < -0.3 is 14.9 Å². The third-order valence-corrected chi connectivity index (χ3v) is 4.44. The molecule has 0 aliphatic carbocycles. The molecule has 0 radical (unpaired) electrons. The fourth-order valence-corrected chi connectivity index (χ4v) is 3.28. The van der Waals surface area contributed by atoms with Gasteiger partial charge in [0.2, 0.25) is 0 Å². The Hall–Kier alpha value is -2.10. The first kappa shape index (κ1) is 18.2. The van der Waals surface area contributed by atoms with E-state index in [1.165, 1.54) is 18.2 Å². The van der Waals surface area contributed by atoms with E-state index < -0.39 is 31.0 Å². The minimum Gasteiger partial charge on any atom is -0.480 e. The Bertz CT molecular complexity index is 764. The van der Waals surface area contributed by atoms with Crippen molar-refractivity contribution >= 4 is 63.8 Å². The quantitative estimate of drug-likeness (QED) is 0.564. The zero-order chi connectivity index (χ0) is 17.9. The Morgan fingerprint density at radius 1 is 1.33 bits per heavy atom. The van der Waals surface area contributed by atoms with Crippen LogP contribution in [0.2, 0.25) is 5.02 Å². The normalized spacial score (nSPS) is 15.9. The summed E-state index contributed by atoms with van der Waals surface area (Å²) in [5.41, 5.74) is 0.568. The number of carbonyl (C=O) groups is 3. The van der Waals surface area contributed by atoms with Crippen molar-refractivity contribution in [2.24, 2.45) is 0 Å². The summed E-state index contributed by atoms with van der Waals surface area (Å²) >= 11 is 12.0. The van der Waals surface area contributed by atoms with E-state index in [9.17, 15) is 14.4 Å². The fraction of sp³-hybridized carbons (Fsp3) is 0.143. The third-order valence-electron chi connectivity index (χ3n) is 2.77. The number of nitrogens with zero attached hydrogens (tertiary/aromatic N) is 1. The maximum absolute atomic E-state index is 12.1. The number of amides is 1. The summed E-state index contributed by atoms with van der Waals surface area (Å²) in [6.07, 6.45) is 1.52. The molecule has 1 heterocycles. The number of halogens is 1. The van der Waals surface area contributed by atoms with Gasteiger partial charge in [0.25, 0.3) is 5.91 Å². The van der Waals surface area contributed by atoms with Crippen LogP contribution in [-0.2, 0) is 14.4 Å². The molecule has 1 aromatic rings. The Kier molecular flexibility index (Phi) is 5.81. The lowest BCUT2D eigenvalue weighted by molar-refractivity contribution is -0.140. The molecule has 0 saturated carbocycles. The van der Waals surface area contributed by atoms with Crippen molar-refractivity contribution in [2.75, 3.05) is 13.2 Å². The number of hydrogen-bond acceptors (Lipinski definition) is 6. The van der Waals surface area contributed by atoms with E-state index in [2.05, 4.69) is 0 Å². The number of carboxylic acid groups (broad SMARTS) is 2. The Morgan fingerprint density at radius 3 is 2.62 bits per heavy atom. The van der Waals surface area contributed by atoms with Crippen LogP contribution in [-0.4, -0.2) is 50.4 Å². The van der Waals surface area contributed by atoms with Crippen LogP contribution in [0.15, 0.2) is 23.1 Å². The smallest absolute Gasteiger partial charge is 0.341 e. The number of carboxylic acids is 2. The van der Waals surface area contributed by atoms with E-state index in [0.717, 1.165) is 16.7 Å². The number of thiocarbonyl (C=S) groups is 1. The molecule has 2 N–H and O–H groups in total. The van der Waals surface area contributed by atoms with Gasteiger partial charge in [-0.25, -0.2) is 4.79 Å². The first-order valence-electron chi connectivity index (χ1n) is 6.39. The van der Waals surface area contributed by atoms with Crippen molar-refractivity contribution in [3.63, 3.8) is 0 Å². The molecule has 0 spiro atoms. The van der Waals surface area contributed by atoms with Crippen LogP contribution in [0.25, 0.3) is 6.08 Å². The van der Waals surface area contributed by atoms with E-state index in [4.69, 9.17) is 38.8 Å². The number of aliphatic carboxylic acids is 2. The number of hydrogen-bond donors (Lipinski definition) is 2. The Morgan fingerprint density at radius 2 is 2.04 bits per heavy atom. The van der Waals surface area contributed by atoms with Crippen LogP contribution in [0, 0.1) is 0 Å². The van der Waals surface area contributed by atoms with Crippen LogP contribution in [0.3, 0.4) is 0 Å². The SMILES string of the molecule is O=C(O)COc1ccc(/C=C2/SC(=S)N(CC(=O)O)C2=O)cc1Cl. The minimum absolute atomic E-state index is 0.168. The van der Waals surface area contributed by atoms with Crippen molar-refractivity contribution in [3.8, 4) is 5.75 Å². The summed E-state index contributed by atoms with van der Waals surface area (Å²) in [5, 5.41) is 17.5. The van der Waals surface area contributed by atoms with Crippen molar-refractivity contribution in [1.29, 1.82) is 0 Å². The molecule has 1 amide bonds. The van der Waals surface area contributed by atoms with Gasteiger partial charge in [-0.15, -0.1) is 0 Å². The van der Waals surface area contributed by atoms with E-state index in [0.29, 0.717) is 5.56 Å². The molecular formula is C14H10ClNO6S2. The molecule has 126 valence electrons. The van der Waals surface area contributed by atoms with Gasteiger partial charge in [-0.2, -0.15) is 0 Å². The van der Waals surface area contributed by atoms with Gasteiger partial charge in [0, 0.05) is 0 Å². The molecule has 0 bridgehead atoms. The van der Waals surface area contributed by atoms with Gasteiger partial charge in [0.1, 0.15) is 16.6 Å². The predicted octanol–water partition coefficient (Wildman–Crippen LogP) is 2.09. The van der Waals surface area contributed by atoms with Gasteiger partial charge in [0.05, 0.1) is 9.93 Å². The number of benzene rings is 1. The van der Waals surface area contributed by atoms with Gasteiger partial charge >= 0.3 is 11.9 Å². The maximum atomic E-state index is 12.1. The topological polar surface area (TPSA) is 104 Å². The summed E-state index contributed by atoms with van der Waals surface area (Å²) in [7, 11) is 0. The molecular weight excluding hydrogens is 378 g/mol. The number of carbonyl (C=O) groups excluding carboxylic acids is 1. The Labute approximate surface area is 150 Å². The number of ether oxygens (including phenoxy) is 1. The van der Waals surface area contributed by atoms with Crippen molar-refractivity contribution in [3.05, 3.63) is 33.7 Å². The summed E-state index contributed by atoms with van der Waals surface area (Å²) in [6, 6.07) is 4.57. The van der Waals surface area contributed by atoms with E-state index in [-0.39, 0.29) is 20.0 Å². The second-order valence-electron chi connectivity index (χ2n) is 4.53. The van der Waals surface area contributed by atoms with E-state index in [1.54, 1.807) is 6.07 Å². The molecule has 1 aromatic carbocycles. The van der Waals surface area contributed by atoms with Crippen LogP contribution < -0.4 is 4.74 Å². The van der Waals surface area contributed by atoms with Gasteiger partial charge in [-0.05, 0) is 23.8 Å². The van der Waals surface area contributed by atoms with Gasteiger partial charge in [-0.1, -0.05) is 41.6 Å². The van der Waals surface area contributed by atoms with Crippen molar-refractivity contribution in [2.45, 2.75) is 0 Å². The van der Waals surface area contributed by atoms with Crippen LogP contribution in [0.5, 0.6) is 5.75 Å². The average Bonchev–Trinajstić information content (AvgIpc) is 2.73. The monoisotopic (exact) mass is 387 g/mol. The molecule has 1 aliphatic heterocycles. The third kappa shape index (κ3) is 4.47. The standard InChI is InChI=1S/C14H10ClNO6S2/c15-8-3-7(1-2-9(8)22-6-12(19)20)4-10-13(21)16(5-11(17)18)14(23)24-10/h1-4H,5-6H2,(H,17,18)(H,19,20)/b10-4+. The van der Waals surface area contributed by atoms with Gasteiger partial charge in [0.15, 0.2) is 6.61 Å². The van der Waals surface area contributed by atoms with Crippen LogP contribution in [0.1, 0.15) is 5.56 Å². The van der Waals surface area contributed by atoms with Crippen molar-refractivity contribution < 1.29 is 29.3 Å². The highest BCUT2D eigenvalue weighted by atomic mass is 35.5. The van der Waals surface area contributed by atoms with Crippen LogP contribution in [0.4, 0.5) is 0 Å². The average molecular weight is 388 g/mol. The highest BCUT2D eigenvalue weighted by Gasteiger charge is 2.33. The van der Waals surface area contributed by atoms with Crippen LogP contribution >= 0.6 is 35.6 Å². The fourth-order valence-electron chi connectivity index (χ4n) is 1.79. The lowest BCUT2D eigenvalue weighted by Gasteiger charge is -2.10. The maximum Gasteiger partial charge on any atom is 0.341 e. The molecule has 1 saturated heterocycles. The van der Waals surface area contributed by atoms with Gasteiger partial charge in [-0.3, -0.25) is 14.5 Å². The lowest BCUT2D eigenvalue weighted by atomic mass is 10.2. The molecule has 10 heteroatoms. The molecule has 1 fully saturated rings. The number of thioether (sulfide) groups is 1. The first-order valence-corrected chi connectivity index (χ1v) is 7.99. The second-order valence-corrected chi connectivity index (χ2v) is 6.62. The van der Waals surface area contributed by atoms with Crippen molar-refractivity contribution in [1.82, 2.24) is 4.90 Å².